The Morgan fingerprint density at radius 1 is 1.15 bits per heavy atom. The summed E-state index contributed by atoms with van der Waals surface area (Å²) in [7, 11) is 5.63. The van der Waals surface area contributed by atoms with Crippen molar-refractivity contribution in [2.24, 2.45) is 7.05 Å². The van der Waals surface area contributed by atoms with E-state index in [4.69, 9.17) is 0 Å². The molecule has 1 aromatic heterocycles. The lowest BCUT2D eigenvalue weighted by molar-refractivity contribution is -0.137. The number of alkyl halides is 3. The average molecular weight is 545 g/mol. The molecule has 1 saturated carbocycles. The third-order valence-corrected chi connectivity index (χ3v) is 8.07. The molecule has 3 aromatic rings. The minimum Gasteiger partial charge on any atom is -0.385 e. The zero-order valence-electron chi connectivity index (χ0n) is 22.4. The number of aliphatic hydroxyl groups is 1. The minimum absolute atomic E-state index is 0.0224. The normalized spacial score (nSPS) is 22.5. The highest BCUT2D eigenvalue weighted by molar-refractivity contribution is 5.92. The Balaban J connectivity index is 1.09. The third kappa shape index (κ3) is 5.69. The molecule has 1 aliphatic carbocycles. The molecule has 0 spiro atoms. The quantitative estimate of drug-likeness (QED) is 0.421. The molecule has 1 aliphatic heterocycles. The average Bonchev–Trinajstić information content (AvgIpc) is 3.20. The fraction of sp³-hybridized carbons (Fsp3) is 0.500. The number of nitrogens with zero attached hydrogens (tertiary/aromatic N) is 4. The van der Waals surface area contributed by atoms with Gasteiger partial charge >= 0.3 is 6.18 Å². The van der Waals surface area contributed by atoms with E-state index in [0.717, 1.165) is 49.3 Å². The number of benzene rings is 2. The summed E-state index contributed by atoms with van der Waals surface area (Å²) in [6, 6.07) is 11.9. The molecule has 2 aliphatic rings. The summed E-state index contributed by atoms with van der Waals surface area (Å²) in [5, 5.41) is 21.8. The molecule has 210 valence electrons. The Kier molecular flexibility index (Phi) is 7.23. The number of halogens is 3. The summed E-state index contributed by atoms with van der Waals surface area (Å²) in [6.45, 7) is 1.40. The first kappa shape index (κ1) is 27.3. The van der Waals surface area contributed by atoms with Gasteiger partial charge in [-0.1, -0.05) is 12.1 Å². The lowest BCUT2D eigenvalue weighted by Gasteiger charge is -2.48. The first-order valence-corrected chi connectivity index (χ1v) is 13.2. The van der Waals surface area contributed by atoms with Crippen LogP contribution in [-0.2, 0) is 23.6 Å². The molecule has 3 N–H and O–H groups in total. The van der Waals surface area contributed by atoms with E-state index in [1.807, 2.05) is 37.2 Å². The molecule has 11 heteroatoms. The molecule has 5 rings (SSSR count). The van der Waals surface area contributed by atoms with Crippen molar-refractivity contribution in [3.63, 3.8) is 0 Å². The highest BCUT2D eigenvalue weighted by Crippen LogP contribution is 2.40. The van der Waals surface area contributed by atoms with Crippen LogP contribution in [0.5, 0.6) is 0 Å². The smallest absolute Gasteiger partial charge is 0.385 e. The van der Waals surface area contributed by atoms with Gasteiger partial charge in [0.15, 0.2) is 5.82 Å². The van der Waals surface area contributed by atoms with Crippen molar-refractivity contribution in [2.45, 2.75) is 49.5 Å². The number of carbonyl (C=O) groups is 1. The predicted molar refractivity (Wildman–Crippen MR) is 145 cm³/mol. The Labute approximate surface area is 225 Å². The number of carbonyl (C=O) groups excluding carboxylic acids is 1. The maximum Gasteiger partial charge on any atom is 0.416 e. The summed E-state index contributed by atoms with van der Waals surface area (Å²) in [4.78, 5) is 16.9. The van der Waals surface area contributed by atoms with Crippen molar-refractivity contribution < 1.29 is 23.1 Å². The minimum atomic E-state index is -4.46. The van der Waals surface area contributed by atoms with Crippen LogP contribution in [0.2, 0.25) is 0 Å². The van der Waals surface area contributed by atoms with Crippen molar-refractivity contribution in [1.29, 1.82) is 0 Å². The highest BCUT2D eigenvalue weighted by atomic mass is 19.4. The Bertz CT molecular complexity index is 1340. The maximum atomic E-state index is 13.2. The van der Waals surface area contributed by atoms with Crippen molar-refractivity contribution in [2.75, 3.05) is 43.9 Å². The van der Waals surface area contributed by atoms with E-state index in [2.05, 4.69) is 26.7 Å². The number of fused-ring (bicyclic) bond motifs is 1. The first-order valence-electron chi connectivity index (χ1n) is 13.2. The number of likely N-dealkylation sites (tertiary alicyclic amines) is 1. The maximum absolute atomic E-state index is 13.2. The predicted octanol–water partition coefficient (Wildman–Crippen LogP) is 3.70. The van der Waals surface area contributed by atoms with Crippen LogP contribution in [0.4, 0.5) is 24.7 Å². The summed E-state index contributed by atoms with van der Waals surface area (Å²) in [5.41, 5.74) is 1.01. The number of rotatable bonds is 7. The number of anilines is 2. The summed E-state index contributed by atoms with van der Waals surface area (Å²) in [6.07, 6.45) is -1.29. The molecule has 0 atom stereocenters. The van der Waals surface area contributed by atoms with Gasteiger partial charge < -0.3 is 20.6 Å². The molecular formula is C28H35F3N6O2. The summed E-state index contributed by atoms with van der Waals surface area (Å²) < 4.78 is 40.9. The van der Waals surface area contributed by atoms with Gasteiger partial charge in [-0.05, 0) is 61.6 Å². The van der Waals surface area contributed by atoms with Gasteiger partial charge in [0.2, 0.25) is 5.91 Å². The van der Waals surface area contributed by atoms with E-state index in [9.17, 15) is 23.1 Å². The van der Waals surface area contributed by atoms with Crippen molar-refractivity contribution in [3.05, 3.63) is 53.6 Å². The molecule has 2 heterocycles. The molecule has 39 heavy (non-hydrogen) atoms. The Hall–Kier alpha value is -3.31. The lowest BCUT2D eigenvalue weighted by atomic mass is 9.76. The number of hydrogen-bond donors (Lipinski definition) is 3. The number of aryl methyl sites for hydroxylation is 1. The summed E-state index contributed by atoms with van der Waals surface area (Å²) >= 11 is 0. The highest BCUT2D eigenvalue weighted by Gasteiger charge is 2.40. The van der Waals surface area contributed by atoms with Crippen LogP contribution in [0.3, 0.4) is 0 Å². The van der Waals surface area contributed by atoms with Crippen LogP contribution in [0.25, 0.3) is 10.9 Å². The van der Waals surface area contributed by atoms with Crippen molar-refractivity contribution in [1.82, 2.24) is 20.0 Å². The lowest BCUT2D eigenvalue weighted by Crippen LogP contribution is -2.63. The first-order chi connectivity index (χ1) is 18.4. The zero-order chi connectivity index (χ0) is 27.9. The van der Waals surface area contributed by atoms with Gasteiger partial charge in [-0.3, -0.25) is 14.4 Å². The molecular weight excluding hydrogens is 509 g/mol. The fourth-order valence-corrected chi connectivity index (χ4v) is 5.72. The van der Waals surface area contributed by atoms with Crippen LogP contribution < -0.4 is 15.5 Å². The Morgan fingerprint density at radius 3 is 2.54 bits per heavy atom. The summed E-state index contributed by atoms with van der Waals surface area (Å²) in [5.74, 6) is 0.0130. The van der Waals surface area contributed by atoms with Gasteiger partial charge in [0.05, 0.1) is 29.3 Å². The topological polar surface area (TPSA) is 85.7 Å². The van der Waals surface area contributed by atoms with Gasteiger partial charge in [0.1, 0.15) is 0 Å². The van der Waals surface area contributed by atoms with E-state index in [-0.39, 0.29) is 24.3 Å². The molecule has 0 unspecified atom stereocenters. The molecule has 0 bridgehead atoms. The molecule has 2 aromatic carbocycles. The molecule has 1 saturated heterocycles. The van der Waals surface area contributed by atoms with Crippen LogP contribution in [-0.4, -0.2) is 71.5 Å². The number of hydrogen-bond acceptors (Lipinski definition) is 6. The number of aromatic nitrogens is 2. The van der Waals surface area contributed by atoms with E-state index in [1.165, 1.54) is 10.7 Å². The third-order valence-electron chi connectivity index (χ3n) is 8.07. The Morgan fingerprint density at radius 2 is 1.87 bits per heavy atom. The van der Waals surface area contributed by atoms with Gasteiger partial charge in [-0.2, -0.15) is 18.3 Å². The SMILES string of the molecule is CN(C)c1cccc(C2(O)CCC(N3CC(NC(=O)CNc4nn(C)c5ccc(C(F)(F)F)cc45)C3)CC2)c1. The second-order valence-corrected chi connectivity index (χ2v) is 11.0. The van der Waals surface area contributed by atoms with Crippen LogP contribution in [0.1, 0.15) is 36.8 Å². The van der Waals surface area contributed by atoms with E-state index in [1.54, 1.807) is 7.05 Å². The second kappa shape index (κ2) is 10.3. The second-order valence-electron chi connectivity index (χ2n) is 11.0. The van der Waals surface area contributed by atoms with E-state index in [0.29, 0.717) is 29.8 Å². The van der Waals surface area contributed by atoms with Crippen LogP contribution in [0, 0.1) is 0 Å². The van der Waals surface area contributed by atoms with Gasteiger partial charge in [0, 0.05) is 51.3 Å². The molecule has 2 fully saturated rings. The largest absolute Gasteiger partial charge is 0.416 e. The van der Waals surface area contributed by atoms with Gasteiger partial charge in [-0.15, -0.1) is 0 Å². The number of nitrogens with one attached hydrogen (secondary N) is 2. The standard InChI is InChI=1S/C28H35F3N6O2/c1-35(2)22-6-4-5-18(13-22)27(39)11-9-21(10-12-27)37-16-20(17-37)33-25(38)15-32-26-23-14-19(28(29,30)31)7-8-24(23)36(3)34-26/h4-8,13-14,20-21,39H,9-12,15-17H2,1-3H3,(H,32,34)(H,33,38). The number of amides is 1. The van der Waals surface area contributed by atoms with Crippen molar-refractivity contribution >= 4 is 28.3 Å². The monoisotopic (exact) mass is 544 g/mol. The van der Waals surface area contributed by atoms with Crippen LogP contribution >= 0.6 is 0 Å². The van der Waals surface area contributed by atoms with Crippen LogP contribution in [0.15, 0.2) is 42.5 Å². The molecule has 0 radical (unpaired) electrons. The van der Waals surface area contributed by atoms with Crippen molar-refractivity contribution in [3.8, 4) is 0 Å². The molecule has 1 amide bonds. The fourth-order valence-electron chi connectivity index (χ4n) is 5.72. The van der Waals surface area contributed by atoms with Gasteiger partial charge in [-0.25, -0.2) is 0 Å². The van der Waals surface area contributed by atoms with Gasteiger partial charge in [0.25, 0.3) is 0 Å². The zero-order valence-corrected chi connectivity index (χ0v) is 22.4. The van der Waals surface area contributed by atoms with E-state index < -0.39 is 17.3 Å². The molecule has 8 nitrogen and oxygen atoms in total. The van der Waals surface area contributed by atoms with E-state index >= 15 is 0 Å².